The van der Waals surface area contributed by atoms with E-state index < -0.39 is 5.97 Å². The van der Waals surface area contributed by atoms with E-state index in [0.29, 0.717) is 18.4 Å². The lowest BCUT2D eigenvalue weighted by Crippen LogP contribution is -2.04. The SMILES string of the molecule is O=C(O)c1c(CCCCO)ccc2cc(CCCCO)ccc12. The molecule has 0 heterocycles. The van der Waals surface area contributed by atoms with Crippen LogP contribution in [0.25, 0.3) is 10.8 Å². The molecular weight excluding hydrogens is 292 g/mol. The third-order valence-electron chi connectivity index (χ3n) is 4.11. The molecule has 0 aliphatic carbocycles. The minimum Gasteiger partial charge on any atom is -0.478 e. The van der Waals surface area contributed by atoms with E-state index >= 15 is 0 Å². The number of hydrogen-bond acceptors (Lipinski definition) is 3. The molecule has 0 aliphatic rings. The van der Waals surface area contributed by atoms with Crippen molar-refractivity contribution in [3.8, 4) is 0 Å². The molecule has 4 heteroatoms. The highest BCUT2D eigenvalue weighted by atomic mass is 16.4. The van der Waals surface area contributed by atoms with E-state index in [9.17, 15) is 9.90 Å². The second kappa shape index (κ2) is 8.65. The van der Waals surface area contributed by atoms with Gasteiger partial charge in [-0.15, -0.1) is 0 Å². The number of carboxylic acids is 1. The quantitative estimate of drug-likeness (QED) is 0.621. The average Bonchev–Trinajstić information content (AvgIpc) is 2.54. The lowest BCUT2D eigenvalue weighted by atomic mass is 9.94. The number of unbranched alkanes of at least 4 members (excludes halogenated alkanes) is 2. The summed E-state index contributed by atoms with van der Waals surface area (Å²) in [6.45, 7) is 0.334. The molecule has 3 N–H and O–H groups in total. The van der Waals surface area contributed by atoms with Crippen LogP contribution in [-0.4, -0.2) is 34.5 Å². The number of aliphatic hydroxyl groups is 2. The van der Waals surface area contributed by atoms with Gasteiger partial charge in [0.15, 0.2) is 0 Å². The summed E-state index contributed by atoms with van der Waals surface area (Å²) in [5.41, 5.74) is 2.36. The molecule has 0 saturated carbocycles. The van der Waals surface area contributed by atoms with Crippen molar-refractivity contribution >= 4 is 16.7 Å². The first kappa shape index (κ1) is 17.4. The maximum absolute atomic E-state index is 11.7. The first-order valence-corrected chi connectivity index (χ1v) is 8.17. The molecule has 4 nitrogen and oxygen atoms in total. The topological polar surface area (TPSA) is 77.8 Å². The molecule has 0 fully saturated rings. The summed E-state index contributed by atoms with van der Waals surface area (Å²) >= 11 is 0. The zero-order chi connectivity index (χ0) is 16.7. The number of aromatic carboxylic acids is 1. The summed E-state index contributed by atoms with van der Waals surface area (Å²) in [5.74, 6) is -0.900. The largest absolute Gasteiger partial charge is 0.478 e. The summed E-state index contributed by atoms with van der Waals surface area (Å²) in [6, 6.07) is 9.77. The second-order valence-corrected chi connectivity index (χ2v) is 5.82. The predicted molar refractivity (Wildman–Crippen MR) is 91.0 cm³/mol. The van der Waals surface area contributed by atoms with E-state index in [2.05, 4.69) is 0 Å². The van der Waals surface area contributed by atoms with Crippen molar-refractivity contribution in [1.82, 2.24) is 0 Å². The van der Waals surface area contributed by atoms with Gasteiger partial charge in [0.2, 0.25) is 0 Å². The van der Waals surface area contributed by atoms with Crippen molar-refractivity contribution < 1.29 is 20.1 Å². The van der Waals surface area contributed by atoms with Gasteiger partial charge in [-0.3, -0.25) is 0 Å². The first-order valence-electron chi connectivity index (χ1n) is 8.17. The van der Waals surface area contributed by atoms with Gasteiger partial charge >= 0.3 is 5.97 Å². The number of carboxylic acid groups (broad SMARTS) is 1. The predicted octanol–water partition coefficient (Wildman–Crippen LogP) is 3.17. The Balaban J connectivity index is 2.31. The smallest absolute Gasteiger partial charge is 0.336 e. The van der Waals surface area contributed by atoms with E-state index in [1.807, 2.05) is 30.3 Å². The molecule has 0 bridgehead atoms. The van der Waals surface area contributed by atoms with Crippen LogP contribution in [0, 0.1) is 0 Å². The van der Waals surface area contributed by atoms with Gasteiger partial charge in [-0.25, -0.2) is 4.79 Å². The van der Waals surface area contributed by atoms with Crippen LogP contribution in [0.15, 0.2) is 30.3 Å². The van der Waals surface area contributed by atoms with Crippen LogP contribution in [0.1, 0.15) is 47.2 Å². The van der Waals surface area contributed by atoms with E-state index in [0.717, 1.165) is 47.6 Å². The molecule has 0 saturated heterocycles. The normalized spacial score (nSPS) is 11.0. The van der Waals surface area contributed by atoms with E-state index in [1.54, 1.807) is 0 Å². The van der Waals surface area contributed by atoms with Gasteiger partial charge < -0.3 is 15.3 Å². The molecule has 0 radical (unpaired) electrons. The number of aliphatic hydroxyl groups excluding tert-OH is 2. The van der Waals surface area contributed by atoms with Gasteiger partial charge in [0.1, 0.15) is 0 Å². The Labute approximate surface area is 136 Å². The fraction of sp³-hybridized carbons (Fsp3) is 0.421. The summed E-state index contributed by atoms with van der Waals surface area (Å²) in [5, 5.41) is 29.0. The van der Waals surface area contributed by atoms with Gasteiger partial charge in [0.25, 0.3) is 0 Å². The zero-order valence-corrected chi connectivity index (χ0v) is 13.3. The van der Waals surface area contributed by atoms with Gasteiger partial charge in [-0.2, -0.15) is 0 Å². The zero-order valence-electron chi connectivity index (χ0n) is 13.3. The van der Waals surface area contributed by atoms with Crippen molar-refractivity contribution in [3.05, 3.63) is 47.0 Å². The van der Waals surface area contributed by atoms with Crippen molar-refractivity contribution in [2.75, 3.05) is 13.2 Å². The number of fused-ring (bicyclic) bond motifs is 1. The van der Waals surface area contributed by atoms with Crippen LogP contribution in [-0.2, 0) is 12.8 Å². The van der Waals surface area contributed by atoms with Gasteiger partial charge in [-0.05, 0) is 60.4 Å². The van der Waals surface area contributed by atoms with Crippen LogP contribution < -0.4 is 0 Å². The molecule has 0 aromatic heterocycles. The summed E-state index contributed by atoms with van der Waals surface area (Å²) < 4.78 is 0. The van der Waals surface area contributed by atoms with Gasteiger partial charge in [0, 0.05) is 13.2 Å². The summed E-state index contributed by atoms with van der Waals surface area (Å²) in [4.78, 5) is 11.7. The minimum atomic E-state index is -0.900. The summed E-state index contributed by atoms with van der Waals surface area (Å²) in [7, 11) is 0. The fourth-order valence-electron chi connectivity index (χ4n) is 2.91. The Hall–Kier alpha value is -1.91. The Kier molecular flexibility index (Phi) is 6.56. The average molecular weight is 316 g/mol. The standard InChI is InChI=1S/C19H24O4/c20-11-3-1-5-14-7-10-17-16(13-14)9-8-15(6-2-4-12-21)18(17)19(22)23/h7-10,13,20-21H,1-6,11-12H2,(H,22,23). The molecular formula is C19H24O4. The van der Waals surface area contributed by atoms with Crippen molar-refractivity contribution in [2.24, 2.45) is 0 Å². The minimum absolute atomic E-state index is 0.132. The Morgan fingerprint density at radius 1 is 0.870 bits per heavy atom. The number of rotatable bonds is 9. The number of hydrogen-bond donors (Lipinski definition) is 3. The Morgan fingerprint density at radius 3 is 2.22 bits per heavy atom. The summed E-state index contributed by atoms with van der Waals surface area (Å²) in [6.07, 6.45) is 4.71. The van der Waals surface area contributed by atoms with Crippen molar-refractivity contribution in [2.45, 2.75) is 38.5 Å². The second-order valence-electron chi connectivity index (χ2n) is 5.82. The molecule has 2 aromatic rings. The molecule has 2 rings (SSSR count). The van der Waals surface area contributed by atoms with E-state index in [1.165, 1.54) is 0 Å². The molecule has 124 valence electrons. The molecule has 23 heavy (non-hydrogen) atoms. The maximum atomic E-state index is 11.7. The molecule has 0 amide bonds. The van der Waals surface area contributed by atoms with E-state index in [-0.39, 0.29) is 13.2 Å². The van der Waals surface area contributed by atoms with Crippen molar-refractivity contribution in [3.63, 3.8) is 0 Å². The van der Waals surface area contributed by atoms with E-state index in [4.69, 9.17) is 10.2 Å². The molecule has 2 aromatic carbocycles. The van der Waals surface area contributed by atoms with Crippen LogP contribution in [0.4, 0.5) is 0 Å². The third-order valence-corrected chi connectivity index (χ3v) is 4.11. The monoisotopic (exact) mass is 316 g/mol. The molecule has 0 aliphatic heterocycles. The Bertz CT molecular complexity index is 664. The van der Waals surface area contributed by atoms with Crippen molar-refractivity contribution in [1.29, 1.82) is 0 Å². The molecule has 0 atom stereocenters. The van der Waals surface area contributed by atoms with Gasteiger partial charge in [0.05, 0.1) is 5.56 Å². The molecule has 0 unspecified atom stereocenters. The third kappa shape index (κ3) is 4.53. The highest BCUT2D eigenvalue weighted by molar-refractivity contribution is 6.05. The number of aryl methyl sites for hydroxylation is 2. The maximum Gasteiger partial charge on any atom is 0.336 e. The fourth-order valence-corrected chi connectivity index (χ4v) is 2.91. The highest BCUT2D eigenvalue weighted by Crippen LogP contribution is 2.26. The van der Waals surface area contributed by atoms with Gasteiger partial charge in [-0.1, -0.05) is 30.3 Å². The van der Waals surface area contributed by atoms with Crippen LogP contribution in [0.2, 0.25) is 0 Å². The lowest BCUT2D eigenvalue weighted by Gasteiger charge is -2.11. The Morgan fingerprint density at radius 2 is 1.57 bits per heavy atom. The van der Waals surface area contributed by atoms with Crippen LogP contribution in [0.5, 0.6) is 0 Å². The van der Waals surface area contributed by atoms with Crippen LogP contribution in [0.3, 0.4) is 0 Å². The molecule has 0 spiro atoms. The number of benzene rings is 2. The highest BCUT2D eigenvalue weighted by Gasteiger charge is 2.14. The lowest BCUT2D eigenvalue weighted by molar-refractivity contribution is 0.0698. The van der Waals surface area contributed by atoms with Crippen LogP contribution >= 0.6 is 0 Å². The first-order chi connectivity index (χ1) is 11.2. The number of carbonyl (C=O) groups is 1.